The van der Waals surface area contributed by atoms with Crippen LogP contribution in [0.15, 0.2) is 0 Å². The van der Waals surface area contributed by atoms with E-state index in [0.717, 1.165) is 12.8 Å². The largest absolute Gasteiger partial charge is 0.378 e. The summed E-state index contributed by atoms with van der Waals surface area (Å²) in [7, 11) is 0. The zero-order valence-electron chi connectivity index (χ0n) is 14.1. The Hall–Kier alpha value is -0.730. The summed E-state index contributed by atoms with van der Waals surface area (Å²) in [4.78, 5) is 25.5. The number of rotatable bonds is 3. The van der Waals surface area contributed by atoms with Crippen LogP contribution in [0.1, 0.15) is 46.5 Å². The SMILES string of the molecule is CC12CCC3(CCC(=O)N4CCOCC4)[C@@](C)(OO[C@]3(C)O1)O2. The third kappa shape index (κ3) is 2.10. The van der Waals surface area contributed by atoms with E-state index in [4.69, 9.17) is 24.0 Å². The van der Waals surface area contributed by atoms with Gasteiger partial charge in [0.25, 0.3) is 0 Å². The summed E-state index contributed by atoms with van der Waals surface area (Å²) in [6.45, 7) is 8.28. The lowest BCUT2D eigenvalue weighted by Gasteiger charge is -2.60. The average molecular weight is 327 g/mol. The molecule has 5 aliphatic rings. The van der Waals surface area contributed by atoms with Crippen LogP contribution < -0.4 is 0 Å². The van der Waals surface area contributed by atoms with Gasteiger partial charge in [-0.2, -0.15) is 9.78 Å². The monoisotopic (exact) mass is 327 g/mol. The van der Waals surface area contributed by atoms with Crippen LogP contribution in [0.25, 0.3) is 0 Å². The summed E-state index contributed by atoms with van der Waals surface area (Å²) in [5, 5.41) is 0. The molecule has 5 fully saturated rings. The van der Waals surface area contributed by atoms with Crippen LogP contribution in [0.5, 0.6) is 0 Å². The lowest BCUT2D eigenvalue weighted by atomic mass is 9.63. The first-order chi connectivity index (χ1) is 10.8. The smallest absolute Gasteiger partial charge is 0.222 e. The molecule has 5 rings (SSSR count). The highest BCUT2D eigenvalue weighted by Crippen LogP contribution is 2.68. The molecule has 7 nitrogen and oxygen atoms in total. The molecule has 1 amide bonds. The fourth-order valence-corrected chi connectivity index (χ4v) is 4.67. The fraction of sp³-hybridized carbons (Fsp3) is 0.938. The van der Waals surface area contributed by atoms with E-state index in [1.807, 2.05) is 25.7 Å². The first kappa shape index (κ1) is 15.8. The third-order valence-electron chi connectivity index (χ3n) is 6.05. The lowest BCUT2D eigenvalue weighted by molar-refractivity contribution is -0.455. The van der Waals surface area contributed by atoms with Crippen molar-refractivity contribution in [3.63, 3.8) is 0 Å². The number of ether oxygens (including phenoxy) is 3. The van der Waals surface area contributed by atoms with Crippen molar-refractivity contribution in [3.8, 4) is 0 Å². The number of fused-ring (bicyclic) bond motifs is 1. The van der Waals surface area contributed by atoms with Crippen molar-refractivity contribution in [3.05, 3.63) is 0 Å². The second-order valence-corrected chi connectivity index (χ2v) is 7.47. The predicted octanol–water partition coefficient (Wildman–Crippen LogP) is 1.56. The molecule has 0 aromatic rings. The maximum Gasteiger partial charge on any atom is 0.222 e. The van der Waals surface area contributed by atoms with Crippen LogP contribution in [-0.4, -0.2) is 54.5 Å². The molecule has 0 N–H and O–H groups in total. The van der Waals surface area contributed by atoms with Crippen LogP contribution in [0.4, 0.5) is 0 Å². The van der Waals surface area contributed by atoms with E-state index < -0.39 is 22.8 Å². The molecule has 130 valence electrons. The normalized spacial score (nSPS) is 48.7. The second kappa shape index (κ2) is 4.89. The van der Waals surface area contributed by atoms with E-state index in [1.54, 1.807) is 0 Å². The highest BCUT2D eigenvalue weighted by atomic mass is 17.3. The minimum Gasteiger partial charge on any atom is -0.378 e. The van der Waals surface area contributed by atoms with Crippen molar-refractivity contribution in [2.24, 2.45) is 5.41 Å². The van der Waals surface area contributed by atoms with E-state index in [-0.39, 0.29) is 5.91 Å². The summed E-state index contributed by atoms with van der Waals surface area (Å²) < 4.78 is 17.5. The summed E-state index contributed by atoms with van der Waals surface area (Å²) in [5.74, 6) is -2.29. The van der Waals surface area contributed by atoms with Gasteiger partial charge in [-0.05, 0) is 33.6 Å². The quantitative estimate of drug-likeness (QED) is 0.733. The molecule has 5 saturated heterocycles. The van der Waals surface area contributed by atoms with Gasteiger partial charge in [0.05, 0.1) is 18.6 Å². The number of hydrogen-bond acceptors (Lipinski definition) is 6. The van der Waals surface area contributed by atoms with Gasteiger partial charge in [-0.1, -0.05) is 0 Å². The number of amides is 1. The minimum absolute atomic E-state index is 0.146. The van der Waals surface area contributed by atoms with Crippen molar-refractivity contribution in [1.82, 2.24) is 4.90 Å². The number of carbonyl (C=O) groups excluding carboxylic acids is 1. The topological polar surface area (TPSA) is 66.5 Å². The molecule has 5 heterocycles. The molecule has 0 spiro atoms. The van der Waals surface area contributed by atoms with Crippen LogP contribution in [0, 0.1) is 5.41 Å². The Bertz CT molecular complexity index is 499. The van der Waals surface area contributed by atoms with E-state index >= 15 is 0 Å². The molecular weight excluding hydrogens is 302 g/mol. The van der Waals surface area contributed by atoms with Gasteiger partial charge in [0.2, 0.25) is 17.5 Å². The van der Waals surface area contributed by atoms with E-state index in [0.29, 0.717) is 39.1 Å². The number of nitrogens with zero attached hydrogens (tertiary/aromatic N) is 1. The minimum atomic E-state index is -0.877. The van der Waals surface area contributed by atoms with E-state index in [1.165, 1.54) is 0 Å². The van der Waals surface area contributed by atoms with E-state index in [2.05, 4.69) is 0 Å². The molecule has 0 radical (unpaired) electrons. The van der Waals surface area contributed by atoms with Crippen molar-refractivity contribution >= 4 is 5.91 Å². The van der Waals surface area contributed by atoms with Gasteiger partial charge in [0, 0.05) is 25.9 Å². The van der Waals surface area contributed by atoms with Gasteiger partial charge in [0.15, 0.2) is 5.79 Å². The number of morpholine rings is 1. The Kier molecular flexibility index (Phi) is 3.36. The predicted molar refractivity (Wildman–Crippen MR) is 77.9 cm³/mol. The van der Waals surface area contributed by atoms with E-state index in [9.17, 15) is 4.79 Å². The summed E-state index contributed by atoms with van der Waals surface area (Å²) in [6.07, 6.45) is 2.68. The van der Waals surface area contributed by atoms with Gasteiger partial charge in [-0.15, -0.1) is 0 Å². The van der Waals surface area contributed by atoms with Crippen LogP contribution in [0.2, 0.25) is 0 Å². The molecule has 4 bridgehead atoms. The molecule has 0 aromatic heterocycles. The maximum atomic E-state index is 12.5. The van der Waals surface area contributed by atoms with Gasteiger partial charge in [-0.3, -0.25) is 4.79 Å². The molecule has 7 heteroatoms. The Morgan fingerprint density at radius 2 is 1.61 bits per heavy atom. The standard InChI is InChI=1S/C16H25NO6/c1-13-6-7-16(5-4-12(18)17-8-10-19-11-9-17)14(2,20-13)22-23-15(16,3)21-13/h4-11H2,1-3H3/t13?,14-,15+,16?. The Balaban J connectivity index is 1.52. The number of carbonyl (C=O) groups is 1. The molecule has 2 unspecified atom stereocenters. The molecule has 0 saturated carbocycles. The van der Waals surface area contributed by atoms with Crippen molar-refractivity contribution in [2.45, 2.75) is 63.8 Å². The highest BCUT2D eigenvalue weighted by molar-refractivity contribution is 5.76. The zero-order chi connectivity index (χ0) is 16.3. The molecule has 0 aliphatic carbocycles. The van der Waals surface area contributed by atoms with Crippen molar-refractivity contribution in [2.75, 3.05) is 26.3 Å². The van der Waals surface area contributed by atoms with Crippen molar-refractivity contribution in [1.29, 1.82) is 0 Å². The van der Waals surface area contributed by atoms with Gasteiger partial charge in [0.1, 0.15) is 0 Å². The van der Waals surface area contributed by atoms with Crippen LogP contribution in [-0.2, 0) is 28.8 Å². The Morgan fingerprint density at radius 3 is 2.22 bits per heavy atom. The van der Waals surface area contributed by atoms with Gasteiger partial charge in [-0.25, -0.2) is 0 Å². The summed E-state index contributed by atoms with van der Waals surface area (Å²) >= 11 is 0. The third-order valence-corrected chi connectivity index (χ3v) is 6.05. The average Bonchev–Trinajstić information content (AvgIpc) is 2.67. The lowest BCUT2D eigenvalue weighted by Crippen LogP contribution is -2.70. The molecule has 5 aliphatic heterocycles. The Morgan fingerprint density at radius 1 is 1.00 bits per heavy atom. The maximum absolute atomic E-state index is 12.5. The molecular formula is C16H25NO6. The summed E-state index contributed by atoms with van der Waals surface area (Å²) in [5.41, 5.74) is -0.473. The van der Waals surface area contributed by atoms with Gasteiger partial charge < -0.3 is 19.1 Å². The molecule has 0 aromatic carbocycles. The van der Waals surface area contributed by atoms with Crippen molar-refractivity contribution < 1.29 is 28.8 Å². The zero-order valence-corrected chi connectivity index (χ0v) is 14.1. The Labute approximate surface area is 136 Å². The van der Waals surface area contributed by atoms with Crippen LogP contribution in [0.3, 0.4) is 0 Å². The highest BCUT2D eigenvalue weighted by Gasteiger charge is 2.78. The van der Waals surface area contributed by atoms with Crippen LogP contribution >= 0.6 is 0 Å². The second-order valence-electron chi connectivity index (χ2n) is 7.47. The van der Waals surface area contributed by atoms with Gasteiger partial charge >= 0.3 is 0 Å². The summed E-state index contributed by atoms with van der Waals surface area (Å²) in [6, 6.07) is 0. The first-order valence-electron chi connectivity index (χ1n) is 8.44. The number of hydrogen-bond donors (Lipinski definition) is 0. The first-order valence-corrected chi connectivity index (χ1v) is 8.44. The molecule has 23 heavy (non-hydrogen) atoms. The molecule has 4 atom stereocenters. The fourth-order valence-electron chi connectivity index (χ4n) is 4.67.